The van der Waals surface area contributed by atoms with Crippen LogP contribution in [0.1, 0.15) is 33.6 Å². The van der Waals surface area contributed by atoms with E-state index in [1.54, 1.807) is 22.8 Å². The fraction of sp³-hybridized carbons (Fsp3) is 0.550. The lowest BCUT2D eigenvalue weighted by molar-refractivity contribution is -0.130. The molecule has 2 atom stereocenters. The van der Waals surface area contributed by atoms with Crippen LogP contribution in [-0.2, 0) is 11.3 Å². The molecule has 5 nitrogen and oxygen atoms in total. The molecule has 0 N–H and O–H groups in total. The van der Waals surface area contributed by atoms with E-state index >= 15 is 0 Å². The van der Waals surface area contributed by atoms with Crippen molar-refractivity contribution < 1.29 is 4.79 Å². The molecule has 1 aliphatic rings. The first-order valence-corrected chi connectivity index (χ1v) is 10.9. The Balaban J connectivity index is 1.84. The first-order chi connectivity index (χ1) is 12.9. The number of fused-ring (bicyclic) bond motifs is 1. The fourth-order valence-corrected chi connectivity index (χ4v) is 4.88. The van der Waals surface area contributed by atoms with Gasteiger partial charge in [-0.15, -0.1) is 0 Å². The number of amides is 1. The maximum Gasteiger partial charge on any atom is 0.262 e. The van der Waals surface area contributed by atoms with Crippen LogP contribution in [-0.4, -0.2) is 39.2 Å². The van der Waals surface area contributed by atoms with Gasteiger partial charge in [0.25, 0.3) is 5.56 Å². The molecule has 0 unspecified atom stereocenters. The van der Waals surface area contributed by atoms with Crippen LogP contribution in [0.25, 0.3) is 10.9 Å². The summed E-state index contributed by atoms with van der Waals surface area (Å²) in [5.41, 5.74) is 0.503. The van der Waals surface area contributed by atoms with E-state index in [0.29, 0.717) is 45.2 Å². The third-order valence-electron chi connectivity index (χ3n) is 4.88. The van der Waals surface area contributed by atoms with Crippen molar-refractivity contribution in [3.05, 3.63) is 33.6 Å². The van der Waals surface area contributed by atoms with Crippen molar-refractivity contribution in [3.8, 4) is 0 Å². The maximum absolute atomic E-state index is 12.9. The molecule has 0 aliphatic carbocycles. The van der Waals surface area contributed by atoms with Crippen molar-refractivity contribution in [1.29, 1.82) is 0 Å². The van der Waals surface area contributed by atoms with Crippen molar-refractivity contribution in [2.75, 3.05) is 18.8 Å². The summed E-state index contributed by atoms with van der Waals surface area (Å²) in [7, 11) is 0. The van der Waals surface area contributed by atoms with Crippen molar-refractivity contribution in [2.45, 2.75) is 45.3 Å². The van der Waals surface area contributed by atoms with E-state index in [1.807, 2.05) is 11.8 Å². The lowest BCUT2D eigenvalue weighted by Gasteiger charge is -2.35. The molecule has 1 saturated heterocycles. The van der Waals surface area contributed by atoms with Gasteiger partial charge in [0.05, 0.1) is 16.7 Å². The molecule has 1 fully saturated rings. The zero-order valence-electron chi connectivity index (χ0n) is 16.1. The average molecular weight is 408 g/mol. The van der Waals surface area contributed by atoms with Crippen LogP contribution in [0.3, 0.4) is 0 Å². The molecule has 27 heavy (non-hydrogen) atoms. The Kier molecular flexibility index (Phi) is 6.48. The lowest BCUT2D eigenvalue weighted by Crippen LogP contribution is -2.43. The lowest BCUT2D eigenvalue weighted by atomic mass is 9.92. The Morgan fingerprint density at radius 3 is 2.67 bits per heavy atom. The molecule has 146 valence electrons. The summed E-state index contributed by atoms with van der Waals surface area (Å²) in [4.78, 5) is 32.1. The van der Waals surface area contributed by atoms with Crippen LogP contribution in [0.5, 0.6) is 0 Å². The van der Waals surface area contributed by atoms with E-state index < -0.39 is 0 Å². The van der Waals surface area contributed by atoms with Gasteiger partial charge >= 0.3 is 0 Å². The summed E-state index contributed by atoms with van der Waals surface area (Å²) in [5.74, 6) is 1.47. The number of piperidine rings is 1. The maximum atomic E-state index is 12.9. The van der Waals surface area contributed by atoms with Gasteiger partial charge < -0.3 is 4.90 Å². The average Bonchev–Trinajstić information content (AvgIpc) is 2.61. The number of likely N-dealkylation sites (tertiary alicyclic amines) is 1. The molecule has 0 bridgehead atoms. The first kappa shape index (κ1) is 20.2. The quantitative estimate of drug-likeness (QED) is 0.554. The third-order valence-corrected chi connectivity index (χ3v) is 6.07. The Bertz CT molecular complexity index is 889. The predicted octanol–water partition coefficient (Wildman–Crippen LogP) is 4.06. The number of benzene rings is 1. The van der Waals surface area contributed by atoms with Gasteiger partial charge in [-0.3, -0.25) is 14.2 Å². The standard InChI is InChI=1S/C20H26ClN3O2S/c1-4-7-24-19(26)16-6-5-15(21)9-17(16)22-20(24)27-12-18(25)23-10-13(2)8-14(3)11-23/h5-6,9,13-14H,4,7-8,10-12H2,1-3H3/t13-,14-/m1/s1. The molecule has 7 heteroatoms. The van der Waals surface area contributed by atoms with Crippen LogP contribution in [0, 0.1) is 11.8 Å². The van der Waals surface area contributed by atoms with Crippen molar-refractivity contribution in [1.82, 2.24) is 14.5 Å². The fourth-order valence-electron chi connectivity index (χ4n) is 3.79. The number of hydrogen-bond donors (Lipinski definition) is 0. The highest BCUT2D eigenvalue weighted by atomic mass is 35.5. The Labute approximate surface area is 169 Å². The van der Waals surface area contributed by atoms with E-state index in [2.05, 4.69) is 18.8 Å². The molecule has 2 aromatic rings. The van der Waals surface area contributed by atoms with Crippen molar-refractivity contribution in [3.63, 3.8) is 0 Å². The Hall–Kier alpha value is -1.53. The van der Waals surface area contributed by atoms with E-state index in [4.69, 9.17) is 11.6 Å². The van der Waals surface area contributed by atoms with Gasteiger partial charge in [-0.2, -0.15) is 0 Å². The van der Waals surface area contributed by atoms with Crippen LogP contribution < -0.4 is 5.56 Å². The summed E-state index contributed by atoms with van der Waals surface area (Å²) in [6, 6.07) is 5.13. The molecule has 3 rings (SSSR count). The molecular weight excluding hydrogens is 382 g/mol. The number of aromatic nitrogens is 2. The summed E-state index contributed by atoms with van der Waals surface area (Å²) in [6.45, 7) is 8.61. The minimum absolute atomic E-state index is 0.0753. The molecule has 0 spiro atoms. The van der Waals surface area contributed by atoms with Crippen molar-refractivity contribution in [2.24, 2.45) is 11.8 Å². The number of hydrogen-bond acceptors (Lipinski definition) is 4. The molecule has 0 radical (unpaired) electrons. The summed E-state index contributed by atoms with van der Waals surface area (Å²) < 4.78 is 1.68. The van der Waals surface area contributed by atoms with Gasteiger partial charge in [-0.25, -0.2) is 4.98 Å². The first-order valence-electron chi connectivity index (χ1n) is 9.49. The second kappa shape index (κ2) is 8.65. The number of nitrogens with zero attached hydrogens (tertiary/aromatic N) is 3. The topological polar surface area (TPSA) is 55.2 Å². The molecule has 1 aromatic carbocycles. The summed E-state index contributed by atoms with van der Waals surface area (Å²) >= 11 is 7.41. The zero-order valence-corrected chi connectivity index (χ0v) is 17.6. The van der Waals surface area contributed by atoms with Crippen LogP contribution >= 0.6 is 23.4 Å². The largest absolute Gasteiger partial charge is 0.341 e. The minimum atomic E-state index is -0.0753. The zero-order chi connectivity index (χ0) is 19.6. The highest BCUT2D eigenvalue weighted by molar-refractivity contribution is 7.99. The number of carbonyl (C=O) groups excluding carboxylic acids is 1. The van der Waals surface area contributed by atoms with E-state index in [0.717, 1.165) is 19.5 Å². The van der Waals surface area contributed by atoms with E-state index in [9.17, 15) is 9.59 Å². The molecule has 0 saturated carbocycles. The van der Waals surface area contributed by atoms with Crippen molar-refractivity contribution >= 4 is 40.2 Å². The highest BCUT2D eigenvalue weighted by Crippen LogP contribution is 2.24. The number of rotatable bonds is 5. The molecule has 1 aromatic heterocycles. The number of carbonyl (C=O) groups is 1. The number of thioether (sulfide) groups is 1. The normalized spacial score (nSPS) is 20.2. The van der Waals surface area contributed by atoms with E-state index in [-0.39, 0.29) is 11.5 Å². The molecule has 2 heterocycles. The highest BCUT2D eigenvalue weighted by Gasteiger charge is 2.25. The van der Waals surface area contributed by atoms with Crippen LogP contribution in [0.2, 0.25) is 5.02 Å². The summed E-state index contributed by atoms with van der Waals surface area (Å²) in [6.07, 6.45) is 1.99. The predicted molar refractivity (Wildman–Crippen MR) is 112 cm³/mol. The van der Waals surface area contributed by atoms with Gasteiger partial charge in [0.2, 0.25) is 5.91 Å². The minimum Gasteiger partial charge on any atom is -0.341 e. The second-order valence-corrected chi connectivity index (χ2v) is 8.93. The van der Waals surface area contributed by atoms with Gasteiger partial charge in [0, 0.05) is 24.7 Å². The van der Waals surface area contributed by atoms with Gasteiger partial charge in [-0.1, -0.05) is 44.1 Å². The van der Waals surface area contributed by atoms with E-state index in [1.165, 1.54) is 18.2 Å². The molecule has 1 amide bonds. The third kappa shape index (κ3) is 4.66. The smallest absolute Gasteiger partial charge is 0.262 e. The SMILES string of the molecule is CCCn1c(SCC(=O)N2C[C@H](C)C[C@@H](C)C2)nc2cc(Cl)ccc2c1=O. The second-order valence-electron chi connectivity index (χ2n) is 7.55. The van der Waals surface area contributed by atoms with Gasteiger partial charge in [-0.05, 0) is 42.9 Å². The molecule has 1 aliphatic heterocycles. The monoisotopic (exact) mass is 407 g/mol. The van der Waals surface area contributed by atoms with Crippen LogP contribution in [0.4, 0.5) is 0 Å². The Morgan fingerprint density at radius 2 is 2.00 bits per heavy atom. The van der Waals surface area contributed by atoms with Gasteiger partial charge in [0.1, 0.15) is 0 Å². The molecular formula is C20H26ClN3O2S. The van der Waals surface area contributed by atoms with Gasteiger partial charge in [0.15, 0.2) is 5.16 Å². The Morgan fingerprint density at radius 1 is 1.30 bits per heavy atom. The summed E-state index contributed by atoms with van der Waals surface area (Å²) in [5, 5.41) is 1.69. The van der Waals surface area contributed by atoms with Crippen LogP contribution in [0.15, 0.2) is 28.2 Å². The number of halogens is 1.